The predicted molar refractivity (Wildman–Crippen MR) is 77.7 cm³/mol. The third-order valence-electron chi connectivity index (χ3n) is 2.38. The van der Waals surface area contributed by atoms with Gasteiger partial charge in [0.1, 0.15) is 5.60 Å². The van der Waals surface area contributed by atoms with Crippen molar-refractivity contribution in [1.29, 1.82) is 0 Å². The van der Waals surface area contributed by atoms with Crippen LogP contribution in [-0.2, 0) is 11.3 Å². The molecule has 0 atom stereocenters. The Morgan fingerprint density at radius 2 is 1.89 bits per heavy atom. The number of benzene rings is 1. The SMILES string of the molecule is CN=Cc1ccc(CN(C)C(=O)OC(C)(C)C)cc1. The van der Waals surface area contributed by atoms with Gasteiger partial charge in [-0.2, -0.15) is 0 Å². The molecule has 104 valence electrons. The zero-order valence-corrected chi connectivity index (χ0v) is 12.3. The van der Waals surface area contributed by atoms with Crippen LogP contribution >= 0.6 is 0 Å². The molecule has 1 aromatic carbocycles. The van der Waals surface area contributed by atoms with Crippen LogP contribution in [0.1, 0.15) is 31.9 Å². The van der Waals surface area contributed by atoms with Gasteiger partial charge in [-0.1, -0.05) is 24.3 Å². The second-order valence-electron chi connectivity index (χ2n) is 5.47. The minimum atomic E-state index is -0.465. The summed E-state index contributed by atoms with van der Waals surface area (Å²) in [6.07, 6.45) is 1.48. The number of amides is 1. The molecule has 0 aromatic heterocycles. The van der Waals surface area contributed by atoms with Crippen LogP contribution in [0.2, 0.25) is 0 Å². The fraction of sp³-hybridized carbons (Fsp3) is 0.467. The number of hydrogen-bond acceptors (Lipinski definition) is 3. The summed E-state index contributed by atoms with van der Waals surface area (Å²) in [5.74, 6) is 0. The Labute approximate surface area is 115 Å². The Morgan fingerprint density at radius 3 is 2.37 bits per heavy atom. The molecule has 0 aliphatic carbocycles. The van der Waals surface area contributed by atoms with E-state index in [-0.39, 0.29) is 6.09 Å². The Bertz CT molecular complexity index is 444. The molecule has 4 nitrogen and oxygen atoms in total. The quantitative estimate of drug-likeness (QED) is 0.785. The number of carbonyl (C=O) groups is 1. The molecule has 0 heterocycles. The molecule has 4 heteroatoms. The lowest BCUT2D eigenvalue weighted by atomic mass is 10.1. The van der Waals surface area contributed by atoms with E-state index in [1.54, 1.807) is 25.2 Å². The van der Waals surface area contributed by atoms with E-state index in [1.165, 1.54) is 0 Å². The van der Waals surface area contributed by atoms with Crippen molar-refractivity contribution in [3.63, 3.8) is 0 Å². The second-order valence-corrected chi connectivity index (χ2v) is 5.47. The number of nitrogens with zero attached hydrogens (tertiary/aromatic N) is 2. The lowest BCUT2D eigenvalue weighted by Gasteiger charge is -2.24. The summed E-state index contributed by atoms with van der Waals surface area (Å²) in [6.45, 7) is 6.10. The van der Waals surface area contributed by atoms with Crippen molar-refractivity contribution in [2.24, 2.45) is 4.99 Å². The average molecular weight is 262 g/mol. The highest BCUT2D eigenvalue weighted by Gasteiger charge is 2.19. The van der Waals surface area contributed by atoms with Gasteiger partial charge in [0.05, 0.1) is 0 Å². The summed E-state index contributed by atoms with van der Waals surface area (Å²) >= 11 is 0. The molecule has 0 saturated carbocycles. The molecular formula is C15H22N2O2. The van der Waals surface area contributed by atoms with Crippen molar-refractivity contribution >= 4 is 12.3 Å². The highest BCUT2D eigenvalue weighted by Crippen LogP contribution is 2.11. The van der Waals surface area contributed by atoms with E-state index >= 15 is 0 Å². The largest absolute Gasteiger partial charge is 0.444 e. The number of ether oxygens (including phenoxy) is 1. The minimum Gasteiger partial charge on any atom is -0.444 e. The van der Waals surface area contributed by atoms with Crippen LogP contribution in [-0.4, -0.2) is 36.9 Å². The monoisotopic (exact) mass is 262 g/mol. The second kappa shape index (κ2) is 6.36. The zero-order chi connectivity index (χ0) is 14.5. The molecule has 1 rings (SSSR count). The molecule has 0 bridgehead atoms. The van der Waals surface area contributed by atoms with Crippen molar-refractivity contribution in [1.82, 2.24) is 4.90 Å². The van der Waals surface area contributed by atoms with E-state index in [0.29, 0.717) is 6.54 Å². The lowest BCUT2D eigenvalue weighted by molar-refractivity contribution is 0.0285. The number of carbonyl (C=O) groups excluding carboxylic acids is 1. The first-order chi connectivity index (χ1) is 8.81. The van der Waals surface area contributed by atoms with Gasteiger partial charge in [-0.15, -0.1) is 0 Å². The summed E-state index contributed by atoms with van der Waals surface area (Å²) in [6, 6.07) is 7.92. The van der Waals surface area contributed by atoms with Gasteiger partial charge in [-0.3, -0.25) is 4.99 Å². The smallest absolute Gasteiger partial charge is 0.410 e. The summed E-state index contributed by atoms with van der Waals surface area (Å²) in [5, 5.41) is 0. The van der Waals surface area contributed by atoms with Gasteiger partial charge in [0.25, 0.3) is 0 Å². The summed E-state index contributed by atoms with van der Waals surface area (Å²) in [4.78, 5) is 17.3. The number of rotatable bonds is 3. The topological polar surface area (TPSA) is 41.9 Å². The maximum atomic E-state index is 11.8. The normalized spacial score (nSPS) is 11.6. The van der Waals surface area contributed by atoms with E-state index < -0.39 is 5.60 Å². The Hall–Kier alpha value is -1.84. The predicted octanol–water partition coefficient (Wildman–Crippen LogP) is 3.10. The lowest BCUT2D eigenvalue weighted by Crippen LogP contribution is -2.33. The van der Waals surface area contributed by atoms with Crippen molar-refractivity contribution in [2.45, 2.75) is 32.9 Å². The standard InChI is InChI=1S/C15H22N2O2/c1-15(2,3)19-14(18)17(5)11-13-8-6-12(7-9-13)10-16-4/h6-10H,11H2,1-5H3. The molecule has 0 radical (unpaired) electrons. The maximum absolute atomic E-state index is 11.8. The van der Waals surface area contributed by atoms with Gasteiger partial charge in [0.15, 0.2) is 0 Å². The number of aliphatic imine (C=N–C) groups is 1. The summed E-state index contributed by atoms with van der Waals surface area (Å²) in [5.41, 5.74) is 1.64. The third kappa shape index (κ3) is 5.55. The van der Waals surface area contributed by atoms with Crippen LogP contribution in [0, 0.1) is 0 Å². The molecule has 0 aliphatic heterocycles. The fourth-order valence-corrected chi connectivity index (χ4v) is 1.54. The van der Waals surface area contributed by atoms with E-state index in [1.807, 2.05) is 45.0 Å². The Kier molecular flexibility index (Phi) is 5.10. The van der Waals surface area contributed by atoms with Crippen LogP contribution < -0.4 is 0 Å². The van der Waals surface area contributed by atoms with Crippen LogP contribution in [0.15, 0.2) is 29.3 Å². The van der Waals surface area contributed by atoms with Gasteiger partial charge in [-0.25, -0.2) is 4.79 Å². The summed E-state index contributed by atoms with van der Waals surface area (Å²) < 4.78 is 5.30. The van der Waals surface area contributed by atoms with Crippen LogP contribution in [0.5, 0.6) is 0 Å². The first-order valence-corrected chi connectivity index (χ1v) is 6.27. The van der Waals surface area contributed by atoms with Crippen LogP contribution in [0.3, 0.4) is 0 Å². The number of hydrogen-bond donors (Lipinski definition) is 0. The molecule has 0 saturated heterocycles. The fourth-order valence-electron chi connectivity index (χ4n) is 1.54. The van der Waals surface area contributed by atoms with Gasteiger partial charge in [0, 0.05) is 26.9 Å². The van der Waals surface area contributed by atoms with Crippen molar-refractivity contribution in [3.8, 4) is 0 Å². The van der Waals surface area contributed by atoms with Gasteiger partial charge >= 0.3 is 6.09 Å². The van der Waals surface area contributed by atoms with Gasteiger partial charge < -0.3 is 9.64 Å². The van der Waals surface area contributed by atoms with Crippen molar-refractivity contribution < 1.29 is 9.53 Å². The molecule has 1 amide bonds. The minimum absolute atomic E-state index is 0.313. The molecule has 0 spiro atoms. The molecule has 0 unspecified atom stereocenters. The first kappa shape index (κ1) is 15.2. The molecular weight excluding hydrogens is 240 g/mol. The van der Waals surface area contributed by atoms with Crippen molar-refractivity contribution in [2.75, 3.05) is 14.1 Å². The molecule has 0 aliphatic rings. The van der Waals surface area contributed by atoms with Crippen LogP contribution in [0.4, 0.5) is 4.79 Å². The molecule has 0 N–H and O–H groups in total. The van der Waals surface area contributed by atoms with Crippen LogP contribution in [0.25, 0.3) is 0 Å². The third-order valence-corrected chi connectivity index (χ3v) is 2.38. The zero-order valence-electron chi connectivity index (χ0n) is 12.3. The summed E-state index contributed by atoms with van der Waals surface area (Å²) in [7, 11) is 3.47. The highest BCUT2D eigenvalue weighted by molar-refractivity contribution is 5.79. The molecule has 19 heavy (non-hydrogen) atoms. The first-order valence-electron chi connectivity index (χ1n) is 6.27. The molecule has 1 aromatic rings. The van der Waals surface area contributed by atoms with E-state index in [4.69, 9.17) is 4.74 Å². The Morgan fingerprint density at radius 1 is 1.32 bits per heavy atom. The van der Waals surface area contributed by atoms with E-state index in [2.05, 4.69) is 4.99 Å². The van der Waals surface area contributed by atoms with Gasteiger partial charge in [-0.05, 0) is 31.9 Å². The maximum Gasteiger partial charge on any atom is 0.410 e. The molecule has 0 fully saturated rings. The highest BCUT2D eigenvalue weighted by atomic mass is 16.6. The van der Waals surface area contributed by atoms with E-state index in [9.17, 15) is 4.79 Å². The van der Waals surface area contributed by atoms with E-state index in [0.717, 1.165) is 11.1 Å². The average Bonchev–Trinajstić information content (AvgIpc) is 2.29. The van der Waals surface area contributed by atoms with Gasteiger partial charge in [0.2, 0.25) is 0 Å². The Balaban J connectivity index is 2.61. The van der Waals surface area contributed by atoms with Crippen molar-refractivity contribution in [3.05, 3.63) is 35.4 Å².